The molecule has 0 spiro atoms. The lowest BCUT2D eigenvalue weighted by Gasteiger charge is -2.37. The molecule has 2 aromatic carbocycles. The highest BCUT2D eigenvalue weighted by Gasteiger charge is 2.45. The lowest BCUT2D eigenvalue weighted by molar-refractivity contribution is -0.125. The van der Waals surface area contributed by atoms with E-state index in [0.717, 1.165) is 38.5 Å². The summed E-state index contributed by atoms with van der Waals surface area (Å²) in [4.78, 5) is 27.9. The molecular formula is C29H35NO3. The van der Waals surface area contributed by atoms with Crippen molar-refractivity contribution in [2.75, 3.05) is 6.61 Å². The van der Waals surface area contributed by atoms with Gasteiger partial charge in [-0.1, -0.05) is 74.7 Å². The van der Waals surface area contributed by atoms with E-state index in [-0.39, 0.29) is 30.0 Å². The van der Waals surface area contributed by atoms with Crippen LogP contribution < -0.4 is 0 Å². The van der Waals surface area contributed by atoms with Gasteiger partial charge in [0.05, 0.1) is 0 Å². The number of rotatable bonds is 8. The fourth-order valence-electron chi connectivity index (χ4n) is 6.34. The molecular weight excluding hydrogens is 410 g/mol. The van der Waals surface area contributed by atoms with Gasteiger partial charge in [-0.05, 0) is 54.4 Å². The molecule has 5 rings (SSSR count). The average Bonchev–Trinajstić information content (AvgIpc) is 3.30. The van der Waals surface area contributed by atoms with E-state index in [2.05, 4.69) is 55.5 Å². The van der Waals surface area contributed by atoms with Crippen molar-refractivity contribution in [3.05, 3.63) is 59.7 Å². The maximum absolute atomic E-state index is 13.2. The third kappa shape index (κ3) is 4.32. The topological polar surface area (TPSA) is 46.6 Å². The second kappa shape index (κ2) is 9.70. The molecule has 0 radical (unpaired) electrons. The number of carbonyl (C=O) groups excluding carboxylic acids is 2. The molecule has 2 fully saturated rings. The second-order valence-electron chi connectivity index (χ2n) is 10.0. The maximum Gasteiger partial charge on any atom is 0.410 e. The number of nitrogens with zero attached hydrogens (tertiary/aromatic N) is 1. The zero-order valence-electron chi connectivity index (χ0n) is 19.7. The fraction of sp³-hybridized carbons (Fsp3) is 0.517. The van der Waals surface area contributed by atoms with Crippen molar-refractivity contribution in [3.63, 3.8) is 0 Å². The number of Topliss-reactive ketones (excluding diaryl/α,β-unsaturated/α-hetero) is 1. The summed E-state index contributed by atoms with van der Waals surface area (Å²) in [6.07, 6.45) is 8.68. The van der Waals surface area contributed by atoms with Gasteiger partial charge in [0.15, 0.2) is 0 Å². The Labute approximate surface area is 197 Å². The molecule has 33 heavy (non-hydrogen) atoms. The van der Waals surface area contributed by atoms with Crippen LogP contribution in [0.2, 0.25) is 0 Å². The monoisotopic (exact) mass is 445 g/mol. The molecule has 0 N–H and O–H groups in total. The van der Waals surface area contributed by atoms with Crippen molar-refractivity contribution < 1.29 is 14.3 Å². The molecule has 0 aromatic heterocycles. The van der Waals surface area contributed by atoms with Crippen LogP contribution in [0.25, 0.3) is 11.1 Å². The van der Waals surface area contributed by atoms with Crippen molar-refractivity contribution in [3.8, 4) is 11.1 Å². The molecule has 2 aliphatic heterocycles. The first-order chi connectivity index (χ1) is 16.2. The van der Waals surface area contributed by atoms with E-state index < -0.39 is 0 Å². The number of ketones is 1. The van der Waals surface area contributed by atoms with Gasteiger partial charge in [0.1, 0.15) is 12.4 Å². The van der Waals surface area contributed by atoms with Crippen molar-refractivity contribution in [2.45, 2.75) is 82.7 Å². The van der Waals surface area contributed by atoms with Crippen LogP contribution in [0, 0.1) is 5.92 Å². The highest BCUT2D eigenvalue weighted by atomic mass is 16.6. The molecule has 2 aromatic rings. The van der Waals surface area contributed by atoms with Gasteiger partial charge in [-0.3, -0.25) is 4.79 Å². The molecule has 2 saturated heterocycles. The molecule has 1 aliphatic carbocycles. The predicted octanol–water partition coefficient (Wildman–Crippen LogP) is 6.72. The first kappa shape index (κ1) is 22.2. The highest BCUT2D eigenvalue weighted by molar-refractivity contribution is 5.82. The number of unbranched alkanes of at least 4 members (excludes halogenated alkanes) is 3. The van der Waals surface area contributed by atoms with E-state index in [1.165, 1.54) is 35.1 Å². The van der Waals surface area contributed by atoms with Crippen molar-refractivity contribution in [1.29, 1.82) is 0 Å². The molecule has 2 heterocycles. The van der Waals surface area contributed by atoms with Crippen LogP contribution in [0.3, 0.4) is 0 Å². The van der Waals surface area contributed by atoms with Crippen LogP contribution in [0.4, 0.5) is 4.79 Å². The Morgan fingerprint density at radius 2 is 1.48 bits per heavy atom. The van der Waals surface area contributed by atoms with Crippen LogP contribution in [-0.4, -0.2) is 35.5 Å². The second-order valence-corrected chi connectivity index (χ2v) is 10.0. The summed E-state index contributed by atoms with van der Waals surface area (Å²) >= 11 is 0. The van der Waals surface area contributed by atoms with Gasteiger partial charge in [-0.15, -0.1) is 0 Å². The lowest BCUT2D eigenvalue weighted by atomic mass is 9.85. The largest absolute Gasteiger partial charge is 0.448 e. The Morgan fingerprint density at radius 3 is 2.09 bits per heavy atom. The van der Waals surface area contributed by atoms with Crippen molar-refractivity contribution in [2.24, 2.45) is 5.92 Å². The quantitative estimate of drug-likeness (QED) is 0.424. The van der Waals surface area contributed by atoms with E-state index in [0.29, 0.717) is 18.8 Å². The van der Waals surface area contributed by atoms with Gasteiger partial charge in [0, 0.05) is 30.3 Å². The molecule has 0 saturated carbocycles. The van der Waals surface area contributed by atoms with Gasteiger partial charge >= 0.3 is 6.09 Å². The minimum Gasteiger partial charge on any atom is -0.448 e. The number of piperidine rings is 1. The van der Waals surface area contributed by atoms with Gasteiger partial charge < -0.3 is 9.64 Å². The number of fused-ring (bicyclic) bond motifs is 5. The Balaban J connectivity index is 1.20. The third-order valence-corrected chi connectivity index (χ3v) is 8.01. The van der Waals surface area contributed by atoms with E-state index in [1.807, 2.05) is 4.90 Å². The van der Waals surface area contributed by atoms with Crippen LogP contribution in [0.15, 0.2) is 48.5 Å². The molecule has 3 aliphatic rings. The molecule has 4 nitrogen and oxygen atoms in total. The summed E-state index contributed by atoms with van der Waals surface area (Å²) in [5, 5.41) is 0. The number of amides is 1. The number of benzene rings is 2. The summed E-state index contributed by atoms with van der Waals surface area (Å²) in [7, 11) is 0. The lowest BCUT2D eigenvalue weighted by Crippen LogP contribution is -2.48. The minimum absolute atomic E-state index is 0.0845. The Hall–Kier alpha value is -2.62. The first-order valence-corrected chi connectivity index (χ1v) is 12.8. The van der Waals surface area contributed by atoms with Crippen LogP contribution in [-0.2, 0) is 9.53 Å². The van der Waals surface area contributed by atoms with Gasteiger partial charge in [-0.25, -0.2) is 4.79 Å². The molecule has 2 unspecified atom stereocenters. The van der Waals surface area contributed by atoms with E-state index >= 15 is 0 Å². The van der Waals surface area contributed by atoms with E-state index in [1.54, 1.807) is 0 Å². The minimum atomic E-state index is -0.196. The third-order valence-electron chi connectivity index (χ3n) is 8.01. The van der Waals surface area contributed by atoms with Gasteiger partial charge in [0.25, 0.3) is 0 Å². The number of hydrogen-bond acceptors (Lipinski definition) is 3. The highest BCUT2D eigenvalue weighted by Crippen LogP contribution is 2.45. The standard InChI is InChI=1S/C29H35NO3/c1-2-3-4-5-14-28(31)20-17-21-15-16-22(18-20)30(21)29(32)33-19-27-25-12-8-6-10-23(25)24-11-7-9-13-26(24)27/h6-13,20-22,27H,2-5,14-19H2,1H3. The Kier molecular flexibility index (Phi) is 6.52. The van der Waals surface area contributed by atoms with Gasteiger partial charge in [0.2, 0.25) is 0 Å². The Bertz CT molecular complexity index is 956. The molecule has 2 atom stereocenters. The maximum atomic E-state index is 13.2. The van der Waals surface area contributed by atoms with Crippen LogP contribution in [0.5, 0.6) is 0 Å². The zero-order chi connectivity index (χ0) is 22.8. The number of ether oxygens (including phenoxy) is 1. The smallest absolute Gasteiger partial charge is 0.410 e. The fourth-order valence-corrected chi connectivity index (χ4v) is 6.34. The summed E-state index contributed by atoms with van der Waals surface area (Å²) < 4.78 is 5.95. The Morgan fingerprint density at radius 1 is 0.879 bits per heavy atom. The average molecular weight is 446 g/mol. The molecule has 4 heteroatoms. The number of carbonyl (C=O) groups is 2. The molecule has 1 amide bonds. The van der Waals surface area contributed by atoms with Crippen molar-refractivity contribution in [1.82, 2.24) is 4.90 Å². The first-order valence-electron chi connectivity index (χ1n) is 12.8. The van der Waals surface area contributed by atoms with Gasteiger partial charge in [-0.2, -0.15) is 0 Å². The summed E-state index contributed by atoms with van der Waals surface area (Å²) in [5.74, 6) is 0.623. The predicted molar refractivity (Wildman–Crippen MR) is 130 cm³/mol. The summed E-state index contributed by atoms with van der Waals surface area (Å²) in [6.45, 7) is 2.56. The molecule has 174 valence electrons. The van der Waals surface area contributed by atoms with E-state index in [4.69, 9.17) is 4.74 Å². The zero-order valence-corrected chi connectivity index (χ0v) is 19.7. The van der Waals surface area contributed by atoms with Crippen LogP contribution >= 0.6 is 0 Å². The van der Waals surface area contributed by atoms with Crippen LogP contribution in [0.1, 0.15) is 81.8 Å². The van der Waals surface area contributed by atoms with E-state index in [9.17, 15) is 9.59 Å². The summed E-state index contributed by atoms with van der Waals surface area (Å²) in [5.41, 5.74) is 4.96. The normalized spacial score (nSPS) is 23.3. The molecule has 2 bridgehead atoms. The SMILES string of the molecule is CCCCCCC(=O)C1CC2CCC(C1)N2C(=O)OCC1c2ccccc2-c2ccccc21. The summed E-state index contributed by atoms with van der Waals surface area (Å²) in [6, 6.07) is 17.2. The number of hydrogen-bond donors (Lipinski definition) is 0. The van der Waals surface area contributed by atoms with Crippen molar-refractivity contribution >= 4 is 11.9 Å².